The van der Waals surface area contributed by atoms with Crippen molar-refractivity contribution in [2.24, 2.45) is 0 Å². The van der Waals surface area contributed by atoms with Crippen molar-refractivity contribution in [2.45, 2.75) is 360 Å². The monoisotopic (exact) mass is 918 g/mol. The van der Waals surface area contributed by atoms with Gasteiger partial charge < -0.3 is 20.6 Å². The lowest BCUT2D eigenvalue weighted by Gasteiger charge is -2.23. The molecule has 65 heavy (non-hydrogen) atoms. The van der Waals surface area contributed by atoms with E-state index in [0.29, 0.717) is 12.8 Å². The van der Waals surface area contributed by atoms with E-state index in [1.54, 1.807) is 0 Å². The molecule has 1 amide bonds. The van der Waals surface area contributed by atoms with Crippen molar-refractivity contribution in [1.82, 2.24) is 5.32 Å². The number of hydrogen-bond acceptors (Lipinski definition) is 4. The van der Waals surface area contributed by atoms with Gasteiger partial charge in [-0.3, -0.25) is 4.79 Å². The minimum Gasteiger partial charge on any atom is -0.394 e. The van der Waals surface area contributed by atoms with Crippen LogP contribution in [0.5, 0.6) is 0 Å². The Labute approximate surface area is 408 Å². The predicted octanol–water partition coefficient (Wildman–Crippen LogP) is 18.7. The molecule has 3 unspecified atom stereocenters. The topological polar surface area (TPSA) is 89.8 Å². The molecular formula is C60H119NO4. The van der Waals surface area contributed by atoms with Crippen molar-refractivity contribution >= 4 is 5.91 Å². The van der Waals surface area contributed by atoms with Gasteiger partial charge in [0.2, 0.25) is 5.91 Å². The number of hydrogen-bond donors (Lipinski definition) is 4. The van der Waals surface area contributed by atoms with Gasteiger partial charge in [0.05, 0.1) is 31.3 Å². The molecule has 0 bridgehead atoms. The van der Waals surface area contributed by atoms with Gasteiger partial charge in [-0.25, -0.2) is 0 Å². The lowest BCUT2D eigenvalue weighted by atomic mass is 10.0. The Morgan fingerprint density at radius 2 is 0.615 bits per heavy atom. The molecule has 0 aromatic rings. The summed E-state index contributed by atoms with van der Waals surface area (Å²) in [6.45, 7) is 4.31. The maximum Gasteiger partial charge on any atom is 0.222 e. The van der Waals surface area contributed by atoms with Gasteiger partial charge in [-0.05, 0) is 38.5 Å². The second kappa shape index (κ2) is 55.7. The molecule has 0 spiro atoms. The lowest BCUT2D eigenvalue weighted by molar-refractivity contribution is -0.125. The minimum atomic E-state index is -0.748. The molecule has 3 atom stereocenters. The molecule has 0 aromatic heterocycles. The van der Waals surface area contributed by atoms with Crippen LogP contribution in [0, 0.1) is 0 Å². The van der Waals surface area contributed by atoms with Crippen LogP contribution in [-0.2, 0) is 4.79 Å². The maximum atomic E-state index is 12.6. The first-order chi connectivity index (χ1) is 32.0. The molecule has 5 heteroatoms. The predicted molar refractivity (Wildman–Crippen MR) is 287 cm³/mol. The summed E-state index contributed by atoms with van der Waals surface area (Å²) in [4.78, 5) is 12.6. The fraction of sp³-hybridized carbons (Fsp3) is 0.950. The summed E-state index contributed by atoms with van der Waals surface area (Å²) in [7, 11) is 0. The average Bonchev–Trinajstić information content (AvgIpc) is 3.30. The van der Waals surface area contributed by atoms with Gasteiger partial charge in [0.1, 0.15) is 0 Å². The fourth-order valence-electron chi connectivity index (χ4n) is 9.76. The first-order valence-corrected chi connectivity index (χ1v) is 30.0. The van der Waals surface area contributed by atoms with E-state index in [1.165, 1.54) is 283 Å². The second-order valence-corrected chi connectivity index (χ2v) is 21.0. The molecule has 0 saturated carbocycles. The Morgan fingerprint density at radius 1 is 0.369 bits per heavy atom. The highest BCUT2D eigenvalue weighted by Gasteiger charge is 2.21. The van der Waals surface area contributed by atoms with E-state index in [0.717, 1.165) is 25.7 Å². The SMILES string of the molecule is CCCCCCCCCCCCCC/C=C\CCCCCCCCCCCCC(O)CC(=O)NC(CO)C(O)CCCCCCCCCCCCCCCCCCCCCCCCCC. The molecule has 0 saturated heterocycles. The Morgan fingerprint density at radius 3 is 0.892 bits per heavy atom. The molecule has 0 aromatic carbocycles. The highest BCUT2D eigenvalue weighted by atomic mass is 16.3. The molecule has 0 rings (SSSR count). The van der Waals surface area contributed by atoms with Crippen LogP contribution in [0.2, 0.25) is 0 Å². The molecule has 0 aliphatic rings. The number of aliphatic hydroxyl groups is 3. The fourth-order valence-corrected chi connectivity index (χ4v) is 9.76. The van der Waals surface area contributed by atoms with E-state index in [-0.39, 0.29) is 18.9 Å². The second-order valence-electron chi connectivity index (χ2n) is 21.0. The summed E-state index contributed by atoms with van der Waals surface area (Å²) in [6.07, 6.45) is 69.5. The summed E-state index contributed by atoms with van der Waals surface area (Å²) in [5.41, 5.74) is 0. The van der Waals surface area contributed by atoms with Crippen LogP contribution in [0.3, 0.4) is 0 Å². The Kier molecular flexibility index (Phi) is 54.9. The molecule has 0 heterocycles. The number of aliphatic hydroxyl groups excluding tert-OH is 3. The van der Waals surface area contributed by atoms with Gasteiger partial charge in [-0.1, -0.05) is 309 Å². The van der Waals surface area contributed by atoms with Crippen molar-refractivity contribution in [3.63, 3.8) is 0 Å². The average molecular weight is 919 g/mol. The van der Waals surface area contributed by atoms with Crippen LogP contribution >= 0.6 is 0 Å². The van der Waals surface area contributed by atoms with E-state index < -0.39 is 18.2 Å². The first kappa shape index (κ1) is 64.1. The normalized spacial score (nSPS) is 13.2. The van der Waals surface area contributed by atoms with Gasteiger partial charge in [0.15, 0.2) is 0 Å². The Hall–Kier alpha value is -0.910. The van der Waals surface area contributed by atoms with E-state index >= 15 is 0 Å². The summed E-state index contributed by atoms with van der Waals surface area (Å²) >= 11 is 0. The molecular weight excluding hydrogens is 799 g/mol. The van der Waals surface area contributed by atoms with Gasteiger partial charge in [-0.15, -0.1) is 0 Å². The van der Waals surface area contributed by atoms with Gasteiger partial charge in [0, 0.05) is 0 Å². The summed E-state index contributed by atoms with van der Waals surface area (Å²) in [6, 6.07) is -0.658. The molecule has 388 valence electrons. The zero-order chi connectivity index (χ0) is 47.2. The first-order valence-electron chi connectivity index (χ1n) is 30.0. The zero-order valence-electron chi connectivity index (χ0n) is 44.4. The number of carbonyl (C=O) groups excluding carboxylic acids is 1. The van der Waals surface area contributed by atoms with E-state index in [4.69, 9.17) is 0 Å². The van der Waals surface area contributed by atoms with Crippen molar-refractivity contribution in [2.75, 3.05) is 6.61 Å². The van der Waals surface area contributed by atoms with Gasteiger partial charge in [-0.2, -0.15) is 0 Å². The molecule has 4 N–H and O–H groups in total. The van der Waals surface area contributed by atoms with Gasteiger partial charge in [0.25, 0.3) is 0 Å². The quantitative estimate of drug-likeness (QED) is 0.0361. The van der Waals surface area contributed by atoms with Crippen LogP contribution in [0.15, 0.2) is 12.2 Å². The van der Waals surface area contributed by atoms with E-state index in [2.05, 4.69) is 31.3 Å². The number of nitrogens with one attached hydrogen (secondary N) is 1. The summed E-state index contributed by atoms with van der Waals surface area (Å²) in [5.74, 6) is -0.277. The number of unbranched alkanes of at least 4 members (excludes halogenated alkanes) is 45. The number of amides is 1. The molecule has 5 nitrogen and oxygen atoms in total. The van der Waals surface area contributed by atoms with Crippen molar-refractivity contribution in [1.29, 1.82) is 0 Å². The highest BCUT2D eigenvalue weighted by Crippen LogP contribution is 2.18. The molecule has 0 fully saturated rings. The highest BCUT2D eigenvalue weighted by molar-refractivity contribution is 5.76. The van der Waals surface area contributed by atoms with Crippen molar-refractivity contribution in [3.05, 3.63) is 12.2 Å². The van der Waals surface area contributed by atoms with Crippen LogP contribution in [0.1, 0.15) is 341 Å². The lowest BCUT2D eigenvalue weighted by Crippen LogP contribution is -2.46. The molecule has 0 aliphatic carbocycles. The largest absolute Gasteiger partial charge is 0.394 e. The van der Waals surface area contributed by atoms with Crippen LogP contribution in [-0.4, -0.2) is 46.1 Å². The van der Waals surface area contributed by atoms with Crippen LogP contribution < -0.4 is 5.32 Å². The smallest absolute Gasteiger partial charge is 0.222 e. The molecule has 0 aliphatic heterocycles. The maximum absolute atomic E-state index is 12.6. The van der Waals surface area contributed by atoms with Crippen LogP contribution in [0.4, 0.5) is 0 Å². The van der Waals surface area contributed by atoms with Gasteiger partial charge >= 0.3 is 0 Å². The zero-order valence-corrected chi connectivity index (χ0v) is 44.4. The Bertz CT molecular complexity index is 925. The van der Waals surface area contributed by atoms with E-state index in [9.17, 15) is 20.1 Å². The third-order valence-electron chi connectivity index (χ3n) is 14.3. The third-order valence-corrected chi connectivity index (χ3v) is 14.3. The minimum absolute atomic E-state index is 0.0396. The van der Waals surface area contributed by atoms with E-state index in [1.807, 2.05) is 0 Å². The number of rotatable bonds is 56. The Balaban J connectivity index is 3.50. The van der Waals surface area contributed by atoms with Crippen molar-refractivity contribution in [3.8, 4) is 0 Å². The van der Waals surface area contributed by atoms with Crippen LogP contribution in [0.25, 0.3) is 0 Å². The standard InChI is InChI=1S/C60H119NO4/c1-3-5-7-9-11-13-15-17-19-21-23-25-27-29-30-31-33-35-37-39-41-43-45-47-49-51-53-57(63)55-60(65)61-58(56-62)59(64)54-52-50-48-46-44-42-40-38-36-34-32-28-26-24-22-20-18-16-14-12-10-8-6-4-2/h29-30,57-59,62-64H,3-28,31-56H2,1-2H3,(H,61,65)/b30-29-. The summed E-state index contributed by atoms with van der Waals surface area (Å²) < 4.78 is 0. The number of allylic oxidation sites excluding steroid dienone is 2. The summed E-state index contributed by atoms with van der Waals surface area (Å²) in [5, 5.41) is 33.7. The van der Waals surface area contributed by atoms with Crippen molar-refractivity contribution < 1.29 is 20.1 Å². The number of carbonyl (C=O) groups is 1. The third kappa shape index (κ3) is 52.3. The molecule has 0 radical (unpaired) electrons.